The number of hydrogen-bond donors (Lipinski definition) is 2. The number of rotatable bonds is 2. The smallest absolute Gasteiger partial charge is 0.475 e. The van der Waals surface area contributed by atoms with E-state index in [-0.39, 0.29) is 0 Å². The van der Waals surface area contributed by atoms with E-state index in [1.807, 2.05) is 0 Å². The molecule has 0 unspecified atom stereocenters. The van der Waals surface area contributed by atoms with Crippen molar-refractivity contribution in [3.8, 4) is 0 Å². The molecule has 1 aromatic rings. The number of ether oxygens (including phenoxy) is 1. The maximum Gasteiger partial charge on any atom is 0.490 e. The second-order valence-electron chi connectivity index (χ2n) is 8.90. The van der Waals surface area contributed by atoms with Crippen LogP contribution >= 0.6 is 0 Å². The number of halogens is 6. The number of piperazine rings is 1. The van der Waals surface area contributed by atoms with E-state index in [1.54, 1.807) is 6.33 Å². The fourth-order valence-corrected chi connectivity index (χ4v) is 4.23. The van der Waals surface area contributed by atoms with Crippen LogP contribution in [0.3, 0.4) is 0 Å². The highest BCUT2D eigenvalue weighted by Gasteiger charge is 2.39. The molecule has 0 spiro atoms. The number of fused-ring (bicyclic) bond motifs is 1. The van der Waals surface area contributed by atoms with Crippen LogP contribution in [0.4, 0.5) is 32.2 Å². The molecular weight excluding hydrogens is 528 g/mol. The number of aromatic nitrogens is 2. The number of nitrogens with zero attached hydrogens (tertiary/aromatic N) is 5. The van der Waals surface area contributed by atoms with Crippen molar-refractivity contribution in [2.45, 2.75) is 44.1 Å². The highest BCUT2D eigenvalue weighted by atomic mass is 19.4. The highest BCUT2D eigenvalue weighted by Crippen LogP contribution is 2.26. The summed E-state index contributed by atoms with van der Waals surface area (Å²) in [6.07, 6.45) is -3.91. The van der Waals surface area contributed by atoms with Gasteiger partial charge in [0.15, 0.2) is 0 Å². The molecule has 4 rings (SSSR count). The lowest BCUT2D eigenvalue weighted by atomic mass is 10.1. The number of carboxylic acids is 2. The number of aliphatic carboxylic acids is 2. The summed E-state index contributed by atoms with van der Waals surface area (Å²) in [4.78, 5) is 34.6. The van der Waals surface area contributed by atoms with Crippen molar-refractivity contribution in [3.05, 3.63) is 17.6 Å². The third-order valence-corrected chi connectivity index (χ3v) is 6.29. The van der Waals surface area contributed by atoms with E-state index in [2.05, 4.69) is 31.7 Å². The molecule has 10 nitrogen and oxygen atoms in total. The van der Waals surface area contributed by atoms with Gasteiger partial charge in [0.1, 0.15) is 12.1 Å². The SMILES string of the molecule is CN1CCN(c2ncnc3c2CCN(C2CCOCC2)CC3)CC1.O=C(O)C(F)(F)F.O=C(O)C(F)(F)F. The minimum absolute atomic E-state index is 0.688. The Kier molecular flexibility index (Phi) is 11.5. The van der Waals surface area contributed by atoms with Gasteiger partial charge in [-0.15, -0.1) is 0 Å². The van der Waals surface area contributed by atoms with Crippen LogP contribution in [0.5, 0.6) is 0 Å². The predicted molar refractivity (Wildman–Crippen MR) is 122 cm³/mol. The van der Waals surface area contributed by atoms with E-state index in [1.165, 1.54) is 29.9 Å². The van der Waals surface area contributed by atoms with Crippen LogP contribution in [0.15, 0.2) is 6.33 Å². The maximum atomic E-state index is 10.6. The molecule has 3 aliphatic heterocycles. The van der Waals surface area contributed by atoms with Crippen LogP contribution < -0.4 is 4.90 Å². The Balaban J connectivity index is 0.000000301. The predicted octanol–water partition coefficient (Wildman–Crippen LogP) is 2.07. The van der Waals surface area contributed by atoms with Crippen LogP contribution in [0.25, 0.3) is 0 Å². The van der Waals surface area contributed by atoms with Gasteiger partial charge in [0.05, 0.1) is 5.69 Å². The van der Waals surface area contributed by atoms with Crippen molar-refractivity contribution < 1.29 is 50.9 Å². The molecule has 216 valence electrons. The number of carboxylic acid groups (broad SMARTS) is 2. The summed E-state index contributed by atoms with van der Waals surface area (Å²) in [5, 5.41) is 14.2. The Morgan fingerprint density at radius 3 is 1.87 bits per heavy atom. The largest absolute Gasteiger partial charge is 0.490 e. The van der Waals surface area contributed by atoms with Gasteiger partial charge in [0.25, 0.3) is 0 Å². The Morgan fingerprint density at radius 2 is 1.37 bits per heavy atom. The van der Waals surface area contributed by atoms with Crippen molar-refractivity contribution in [3.63, 3.8) is 0 Å². The molecule has 2 saturated heterocycles. The summed E-state index contributed by atoms with van der Waals surface area (Å²) >= 11 is 0. The topological polar surface area (TPSA) is 119 Å². The molecule has 4 heterocycles. The molecule has 16 heteroatoms. The van der Waals surface area contributed by atoms with E-state index in [0.29, 0.717) is 6.04 Å². The van der Waals surface area contributed by atoms with Gasteiger partial charge in [-0.1, -0.05) is 0 Å². The molecule has 2 fully saturated rings. The van der Waals surface area contributed by atoms with Gasteiger partial charge in [0.2, 0.25) is 0 Å². The Labute approximate surface area is 215 Å². The average Bonchev–Trinajstić information content (AvgIpc) is 3.08. The molecule has 0 bridgehead atoms. The Hall–Kier alpha value is -2.72. The molecule has 0 amide bonds. The number of carbonyl (C=O) groups is 2. The fraction of sp³-hybridized carbons (Fsp3) is 0.727. The third-order valence-electron chi connectivity index (χ3n) is 6.29. The molecule has 38 heavy (non-hydrogen) atoms. The van der Waals surface area contributed by atoms with Crippen LogP contribution in [-0.2, 0) is 27.2 Å². The van der Waals surface area contributed by atoms with Gasteiger partial charge in [-0.3, -0.25) is 4.90 Å². The monoisotopic (exact) mass is 559 g/mol. The first kappa shape index (κ1) is 31.5. The first-order chi connectivity index (χ1) is 17.7. The number of likely N-dealkylation sites (N-methyl/N-ethyl adjacent to an activating group) is 1. The lowest BCUT2D eigenvalue weighted by Gasteiger charge is -2.34. The summed E-state index contributed by atoms with van der Waals surface area (Å²) in [5.41, 5.74) is 2.67. The van der Waals surface area contributed by atoms with Crippen LogP contribution in [0, 0.1) is 0 Å². The number of alkyl halides is 6. The number of anilines is 1. The van der Waals surface area contributed by atoms with E-state index in [9.17, 15) is 26.3 Å². The van der Waals surface area contributed by atoms with Gasteiger partial charge in [-0.25, -0.2) is 19.6 Å². The zero-order chi connectivity index (χ0) is 28.5. The molecular formula is C22H31F6N5O5. The summed E-state index contributed by atoms with van der Waals surface area (Å²) in [6, 6.07) is 0.688. The van der Waals surface area contributed by atoms with Gasteiger partial charge in [0, 0.05) is 70.5 Å². The van der Waals surface area contributed by atoms with E-state index < -0.39 is 24.3 Å². The van der Waals surface area contributed by atoms with Gasteiger partial charge < -0.3 is 24.7 Å². The van der Waals surface area contributed by atoms with Gasteiger partial charge >= 0.3 is 24.3 Å². The molecule has 0 atom stereocenters. The van der Waals surface area contributed by atoms with Crippen LogP contribution in [0.2, 0.25) is 0 Å². The molecule has 1 aromatic heterocycles. The second kappa shape index (κ2) is 13.9. The molecule has 0 radical (unpaired) electrons. The van der Waals surface area contributed by atoms with Crippen molar-refractivity contribution in [2.24, 2.45) is 0 Å². The van der Waals surface area contributed by atoms with E-state index >= 15 is 0 Å². The minimum Gasteiger partial charge on any atom is -0.475 e. The zero-order valence-corrected chi connectivity index (χ0v) is 20.8. The summed E-state index contributed by atoms with van der Waals surface area (Å²) < 4.78 is 69.0. The molecule has 0 aromatic carbocycles. The Bertz CT molecular complexity index is 895. The molecule has 0 aliphatic carbocycles. The first-order valence-corrected chi connectivity index (χ1v) is 11.9. The minimum atomic E-state index is -5.08. The van der Waals surface area contributed by atoms with Gasteiger partial charge in [-0.2, -0.15) is 26.3 Å². The van der Waals surface area contributed by atoms with E-state index in [4.69, 9.17) is 24.5 Å². The van der Waals surface area contributed by atoms with Crippen molar-refractivity contribution in [2.75, 3.05) is 64.4 Å². The quantitative estimate of drug-likeness (QED) is 0.522. The van der Waals surface area contributed by atoms with Crippen LogP contribution in [-0.4, -0.2) is 120 Å². The first-order valence-electron chi connectivity index (χ1n) is 11.9. The molecule has 2 N–H and O–H groups in total. The molecule has 3 aliphatic rings. The maximum absolute atomic E-state index is 10.6. The van der Waals surface area contributed by atoms with Crippen molar-refractivity contribution >= 4 is 17.8 Å². The normalized spacial score (nSPS) is 19.7. The molecule has 0 saturated carbocycles. The summed E-state index contributed by atoms with van der Waals surface area (Å²) in [7, 11) is 2.20. The fourth-order valence-electron chi connectivity index (χ4n) is 4.23. The van der Waals surface area contributed by atoms with Gasteiger partial charge in [-0.05, 0) is 26.3 Å². The highest BCUT2D eigenvalue weighted by molar-refractivity contribution is 5.73. The summed E-state index contributed by atoms with van der Waals surface area (Å²) in [5.74, 6) is -4.32. The number of hydrogen-bond acceptors (Lipinski definition) is 8. The lowest BCUT2D eigenvalue weighted by molar-refractivity contribution is -0.193. The standard InChI is InChI=1S/C18H29N5O.2C2HF3O2/c1-21-8-10-23(11-9-21)18-16-2-6-22(15-4-12-24-13-5-15)7-3-17(16)19-14-20-18;2*3-2(4,5)1(6)7/h14-15H,2-13H2,1H3;2*(H,6,7). The average molecular weight is 560 g/mol. The second-order valence-corrected chi connectivity index (χ2v) is 8.90. The third kappa shape index (κ3) is 9.87. The van der Waals surface area contributed by atoms with Crippen molar-refractivity contribution in [1.29, 1.82) is 0 Å². The Morgan fingerprint density at radius 1 is 0.868 bits per heavy atom. The van der Waals surface area contributed by atoms with Crippen LogP contribution in [0.1, 0.15) is 24.1 Å². The lowest BCUT2D eigenvalue weighted by Crippen LogP contribution is -2.45. The summed E-state index contributed by atoms with van der Waals surface area (Å²) in [6.45, 7) is 8.47. The van der Waals surface area contributed by atoms with E-state index in [0.717, 1.165) is 65.3 Å². The zero-order valence-electron chi connectivity index (χ0n) is 20.8. The van der Waals surface area contributed by atoms with Crippen molar-refractivity contribution in [1.82, 2.24) is 19.8 Å².